The lowest BCUT2D eigenvalue weighted by atomic mass is 9.86. The summed E-state index contributed by atoms with van der Waals surface area (Å²) >= 11 is 1.82. The fourth-order valence-corrected chi connectivity index (χ4v) is 7.58. The molecule has 2 aromatic carbocycles. The summed E-state index contributed by atoms with van der Waals surface area (Å²) in [5.74, 6) is 0.0178. The number of thiazole rings is 1. The van der Waals surface area contributed by atoms with Crippen LogP contribution in [0.3, 0.4) is 0 Å². The number of carbonyl (C=O) groups excluding carboxylic acids is 1. The molecule has 7 heteroatoms. The maximum absolute atomic E-state index is 13.4. The van der Waals surface area contributed by atoms with Gasteiger partial charge in [-0.2, -0.15) is 0 Å². The van der Waals surface area contributed by atoms with Crippen molar-refractivity contribution in [1.29, 1.82) is 0 Å². The largest absolute Gasteiger partial charge is 0.360 e. The Kier molecular flexibility index (Phi) is 6.68. The number of Topliss-reactive ketones (excluding diaryl/α,β-unsaturated/α-hetero) is 1. The molecule has 210 valence electrons. The van der Waals surface area contributed by atoms with Crippen molar-refractivity contribution in [2.24, 2.45) is 0 Å². The molecule has 0 amide bonds. The Morgan fingerprint density at radius 3 is 2.48 bits per heavy atom. The van der Waals surface area contributed by atoms with Gasteiger partial charge in [-0.3, -0.25) is 4.79 Å². The van der Waals surface area contributed by atoms with Crippen molar-refractivity contribution in [3.05, 3.63) is 63.3 Å². The van der Waals surface area contributed by atoms with Crippen LogP contribution in [0.5, 0.6) is 0 Å². The van der Waals surface area contributed by atoms with Crippen LogP contribution in [-0.2, 0) is 29.0 Å². The van der Waals surface area contributed by atoms with Crippen molar-refractivity contribution < 1.29 is 9.53 Å². The van der Waals surface area contributed by atoms with Crippen molar-refractivity contribution in [2.75, 3.05) is 25.0 Å². The molecular weight excluding hydrogens is 516 g/mol. The first-order chi connectivity index (χ1) is 18.9. The molecule has 0 bridgehead atoms. The third-order valence-electron chi connectivity index (χ3n) is 8.23. The molecule has 2 aromatic heterocycles. The van der Waals surface area contributed by atoms with Gasteiger partial charge in [-0.15, -0.1) is 0 Å². The fraction of sp³-hybridized carbons (Fsp3) is 0.455. The van der Waals surface area contributed by atoms with Gasteiger partial charge in [0.1, 0.15) is 6.10 Å². The molecule has 4 heterocycles. The van der Waals surface area contributed by atoms with Crippen molar-refractivity contribution in [1.82, 2.24) is 14.5 Å². The van der Waals surface area contributed by atoms with Gasteiger partial charge < -0.3 is 19.1 Å². The minimum Gasteiger partial charge on any atom is -0.360 e. The molecule has 0 radical (unpaired) electrons. The van der Waals surface area contributed by atoms with Gasteiger partial charge in [0.2, 0.25) is 0 Å². The Labute approximate surface area is 241 Å². The molecule has 0 saturated heterocycles. The Hall–Kier alpha value is -3.00. The lowest BCUT2D eigenvalue weighted by Gasteiger charge is -2.35. The third-order valence-corrected chi connectivity index (χ3v) is 9.33. The number of hydrogen-bond donors (Lipinski definition) is 0. The summed E-state index contributed by atoms with van der Waals surface area (Å²) in [6.45, 7) is 17.9. The van der Waals surface area contributed by atoms with Gasteiger partial charge >= 0.3 is 0 Å². The van der Waals surface area contributed by atoms with E-state index in [1.807, 2.05) is 32.1 Å². The molecule has 0 fully saturated rings. The van der Waals surface area contributed by atoms with Crippen LogP contribution in [0, 0.1) is 20.8 Å². The van der Waals surface area contributed by atoms with Crippen LogP contribution in [0.15, 0.2) is 30.3 Å². The maximum atomic E-state index is 13.4. The molecule has 0 aliphatic carbocycles. The van der Waals surface area contributed by atoms with Crippen LogP contribution in [0.1, 0.15) is 66.8 Å². The summed E-state index contributed by atoms with van der Waals surface area (Å²) in [6.07, 6.45) is 0.311. The van der Waals surface area contributed by atoms with Crippen LogP contribution in [-0.4, -0.2) is 46.0 Å². The second-order valence-corrected chi connectivity index (χ2v) is 13.6. The van der Waals surface area contributed by atoms with E-state index in [-0.39, 0.29) is 5.78 Å². The summed E-state index contributed by atoms with van der Waals surface area (Å²) in [4.78, 5) is 24.7. The van der Waals surface area contributed by atoms with E-state index in [2.05, 4.69) is 72.5 Å². The highest BCUT2D eigenvalue weighted by molar-refractivity contribution is 7.15. The number of rotatable bonds is 5. The number of ether oxygens (including phenoxy) is 1. The van der Waals surface area contributed by atoms with E-state index < -0.39 is 11.7 Å². The zero-order valence-corrected chi connectivity index (χ0v) is 25.8. The number of hydrogen-bond acceptors (Lipinski definition) is 6. The molecular formula is C33H40N4O2S. The highest BCUT2D eigenvalue weighted by Crippen LogP contribution is 2.50. The van der Waals surface area contributed by atoms with Crippen molar-refractivity contribution >= 4 is 38.8 Å². The van der Waals surface area contributed by atoms with Crippen molar-refractivity contribution in [3.63, 3.8) is 0 Å². The average Bonchev–Trinajstić information content (AvgIpc) is 3.45. The molecule has 6 nitrogen and oxygen atoms in total. The number of ketones is 1. The Morgan fingerprint density at radius 1 is 1.07 bits per heavy atom. The van der Waals surface area contributed by atoms with Gasteiger partial charge in [-0.05, 0) is 78.3 Å². The number of likely N-dealkylation sites (N-methyl/N-ethyl adjacent to an activating group) is 1. The van der Waals surface area contributed by atoms with Crippen LogP contribution in [0.2, 0.25) is 0 Å². The molecule has 0 N–H and O–H groups in total. The molecule has 40 heavy (non-hydrogen) atoms. The van der Waals surface area contributed by atoms with Crippen LogP contribution < -0.4 is 4.90 Å². The molecule has 6 rings (SSSR count). The van der Waals surface area contributed by atoms with Gasteiger partial charge in [-0.25, -0.2) is 4.98 Å². The highest BCUT2D eigenvalue weighted by Gasteiger charge is 2.36. The topological polar surface area (TPSA) is 50.6 Å². The second kappa shape index (κ2) is 9.82. The van der Waals surface area contributed by atoms with Crippen LogP contribution in [0.4, 0.5) is 10.8 Å². The summed E-state index contributed by atoms with van der Waals surface area (Å²) in [5, 5.41) is 2.23. The van der Waals surface area contributed by atoms with Gasteiger partial charge in [-0.1, -0.05) is 41.2 Å². The number of anilines is 2. The van der Waals surface area contributed by atoms with Gasteiger partial charge in [0.25, 0.3) is 0 Å². The lowest BCUT2D eigenvalue weighted by Crippen LogP contribution is -2.31. The van der Waals surface area contributed by atoms with Crippen molar-refractivity contribution in [2.45, 2.75) is 79.7 Å². The SMILES string of the molecule is CC(=O)[C@@H](OC(C)(C)C)c1c(C)c2c3c(cc(C)n3CCN2c2nc3c(s2)CN(C)CC3)c1-c1ccc(C)cc1. The maximum Gasteiger partial charge on any atom is 0.190 e. The monoisotopic (exact) mass is 556 g/mol. The quantitative estimate of drug-likeness (QED) is 0.259. The summed E-state index contributed by atoms with van der Waals surface area (Å²) in [6, 6.07) is 11.0. The average molecular weight is 557 g/mol. The van der Waals surface area contributed by atoms with E-state index in [0.29, 0.717) is 0 Å². The Balaban J connectivity index is 1.66. The normalized spacial score (nSPS) is 16.4. The predicted molar refractivity (Wildman–Crippen MR) is 165 cm³/mol. The number of fused-ring (bicyclic) bond motifs is 1. The zero-order valence-electron chi connectivity index (χ0n) is 25.0. The van der Waals surface area contributed by atoms with Crippen LogP contribution in [0.25, 0.3) is 22.0 Å². The van der Waals surface area contributed by atoms with E-state index in [1.54, 1.807) is 6.92 Å². The molecule has 4 aromatic rings. The molecule has 2 aliphatic heterocycles. The number of carbonyl (C=O) groups is 1. The minimum absolute atomic E-state index is 0.0178. The third kappa shape index (κ3) is 4.58. The first-order valence-electron chi connectivity index (χ1n) is 14.3. The minimum atomic E-state index is -0.678. The van der Waals surface area contributed by atoms with Crippen molar-refractivity contribution in [3.8, 4) is 11.1 Å². The first kappa shape index (κ1) is 27.2. The fourth-order valence-electron chi connectivity index (χ4n) is 6.36. The van der Waals surface area contributed by atoms with E-state index >= 15 is 0 Å². The smallest absolute Gasteiger partial charge is 0.190 e. The highest BCUT2D eigenvalue weighted by atomic mass is 32.1. The molecule has 0 saturated carbocycles. The second-order valence-electron chi connectivity index (χ2n) is 12.6. The summed E-state index contributed by atoms with van der Waals surface area (Å²) in [7, 11) is 2.18. The van der Waals surface area contributed by atoms with Gasteiger partial charge in [0, 0.05) is 54.1 Å². The predicted octanol–water partition coefficient (Wildman–Crippen LogP) is 7.27. The molecule has 0 spiro atoms. The number of aryl methyl sites for hydroxylation is 2. The Bertz CT molecular complexity index is 1620. The van der Waals surface area contributed by atoms with Gasteiger partial charge in [0.05, 0.1) is 22.5 Å². The Morgan fingerprint density at radius 2 is 1.80 bits per heavy atom. The van der Waals surface area contributed by atoms with Gasteiger partial charge in [0.15, 0.2) is 10.9 Å². The number of benzene rings is 2. The summed E-state index contributed by atoms with van der Waals surface area (Å²) < 4.78 is 9.03. The van der Waals surface area contributed by atoms with E-state index in [9.17, 15) is 4.79 Å². The lowest BCUT2D eigenvalue weighted by molar-refractivity contribution is -0.138. The molecule has 2 aliphatic rings. The molecule has 0 unspecified atom stereocenters. The molecule has 1 atom stereocenters. The van der Waals surface area contributed by atoms with E-state index in [4.69, 9.17) is 9.72 Å². The van der Waals surface area contributed by atoms with E-state index in [0.717, 1.165) is 65.7 Å². The standard InChI is InChI=1S/C33H40N4O2S/c1-19-9-11-23(12-10-19)28-24-17-20(2)36-15-16-37(32-34-25-13-14-35(8)18-26(25)40-32)29(30(24)36)21(3)27(28)31(22(4)38)39-33(5,6)7/h9-12,17,31H,13-16,18H2,1-8H3/t31-/m1/s1. The number of aromatic nitrogens is 2. The van der Waals surface area contributed by atoms with E-state index in [1.165, 1.54) is 32.7 Å². The first-order valence-corrected chi connectivity index (χ1v) is 15.1. The summed E-state index contributed by atoms with van der Waals surface area (Å²) in [5.41, 5.74) is 9.86. The zero-order chi connectivity index (χ0) is 28.5. The van der Waals surface area contributed by atoms with Crippen LogP contribution >= 0.6 is 11.3 Å². The number of nitrogens with zero attached hydrogens (tertiary/aromatic N) is 4.